The van der Waals surface area contributed by atoms with Crippen molar-refractivity contribution in [1.29, 1.82) is 0 Å². The first-order valence-electron chi connectivity index (χ1n) is 10.3. The number of nitro benzene ring substituents is 1. The van der Waals surface area contributed by atoms with Crippen molar-refractivity contribution in [3.8, 4) is 17.0 Å². The fraction of sp³-hybridized carbons (Fsp3) is 0.174. The molecular formula is C23H21FN6O4. The number of anilines is 3. The first kappa shape index (κ1) is 22.6. The summed E-state index contributed by atoms with van der Waals surface area (Å²) in [7, 11) is 1.31. The van der Waals surface area contributed by atoms with Gasteiger partial charge in [0, 0.05) is 40.7 Å². The maximum absolute atomic E-state index is 14.0. The fourth-order valence-electron chi connectivity index (χ4n) is 3.35. The first-order valence-corrected chi connectivity index (χ1v) is 10.3. The molecule has 10 nitrogen and oxygen atoms in total. The molecule has 0 spiro atoms. The number of H-pyrrole nitrogens is 1. The molecule has 0 unspecified atom stereocenters. The highest BCUT2D eigenvalue weighted by atomic mass is 19.1. The van der Waals surface area contributed by atoms with Crippen LogP contribution in [0.2, 0.25) is 0 Å². The van der Waals surface area contributed by atoms with E-state index >= 15 is 0 Å². The number of aromatic nitrogens is 3. The van der Waals surface area contributed by atoms with Gasteiger partial charge in [-0.15, -0.1) is 0 Å². The highest BCUT2D eigenvalue weighted by Crippen LogP contribution is 2.36. The lowest BCUT2D eigenvalue weighted by Crippen LogP contribution is -2.19. The van der Waals surface area contributed by atoms with E-state index in [4.69, 9.17) is 4.74 Å². The molecule has 4 rings (SSSR count). The number of benzene rings is 2. The summed E-state index contributed by atoms with van der Waals surface area (Å²) >= 11 is 0. The number of methoxy groups -OCH3 is 1. The highest BCUT2D eigenvalue weighted by molar-refractivity contribution is 6.01. The number of halogens is 1. The Morgan fingerprint density at radius 1 is 1.24 bits per heavy atom. The van der Waals surface area contributed by atoms with E-state index in [9.17, 15) is 19.3 Å². The zero-order valence-corrected chi connectivity index (χ0v) is 18.5. The molecule has 2 aromatic heterocycles. The zero-order valence-electron chi connectivity index (χ0n) is 18.5. The number of nitrogens with one attached hydrogen (secondary N) is 3. The molecule has 0 saturated heterocycles. The molecule has 0 aliphatic rings. The van der Waals surface area contributed by atoms with Gasteiger partial charge in [-0.25, -0.2) is 9.97 Å². The minimum atomic E-state index is -1.03. The van der Waals surface area contributed by atoms with Crippen molar-refractivity contribution >= 4 is 39.8 Å². The number of hydrogen-bond donors (Lipinski definition) is 3. The summed E-state index contributed by atoms with van der Waals surface area (Å²) in [5.41, 5.74) is 1.81. The molecule has 11 heteroatoms. The molecular weight excluding hydrogens is 443 g/mol. The van der Waals surface area contributed by atoms with Crippen molar-refractivity contribution in [1.82, 2.24) is 15.0 Å². The van der Waals surface area contributed by atoms with Gasteiger partial charge in [-0.05, 0) is 6.07 Å². The zero-order chi connectivity index (χ0) is 24.4. The van der Waals surface area contributed by atoms with Crippen LogP contribution in [-0.2, 0) is 4.79 Å². The van der Waals surface area contributed by atoms with Crippen molar-refractivity contribution in [2.24, 2.45) is 5.92 Å². The minimum absolute atomic E-state index is 0.0394. The van der Waals surface area contributed by atoms with E-state index in [1.807, 2.05) is 24.3 Å². The Morgan fingerprint density at radius 2 is 2.00 bits per heavy atom. The van der Waals surface area contributed by atoms with Crippen LogP contribution in [0.3, 0.4) is 0 Å². The van der Waals surface area contributed by atoms with Crippen LogP contribution < -0.4 is 15.4 Å². The van der Waals surface area contributed by atoms with Gasteiger partial charge in [0.15, 0.2) is 0 Å². The Hall–Kier alpha value is -4.54. The summed E-state index contributed by atoms with van der Waals surface area (Å²) < 4.78 is 19.2. The van der Waals surface area contributed by atoms with E-state index in [-0.39, 0.29) is 29.2 Å². The molecule has 0 aliphatic heterocycles. The van der Waals surface area contributed by atoms with Crippen molar-refractivity contribution in [2.75, 3.05) is 17.7 Å². The van der Waals surface area contributed by atoms with Crippen LogP contribution in [0.1, 0.15) is 13.8 Å². The Morgan fingerprint density at radius 3 is 2.71 bits per heavy atom. The molecule has 0 aliphatic carbocycles. The van der Waals surface area contributed by atoms with E-state index in [0.717, 1.165) is 28.6 Å². The summed E-state index contributed by atoms with van der Waals surface area (Å²) in [6.07, 6.45) is 3.21. The Bertz CT molecular complexity index is 1400. The lowest BCUT2D eigenvalue weighted by Gasteiger charge is -2.14. The minimum Gasteiger partial charge on any atom is -0.494 e. The second-order valence-corrected chi connectivity index (χ2v) is 7.73. The van der Waals surface area contributed by atoms with Gasteiger partial charge in [0.25, 0.3) is 0 Å². The summed E-state index contributed by atoms with van der Waals surface area (Å²) in [6, 6.07) is 9.53. The Labute approximate surface area is 193 Å². The van der Waals surface area contributed by atoms with E-state index in [1.54, 1.807) is 20.0 Å². The monoisotopic (exact) mass is 464 g/mol. The number of para-hydroxylation sites is 1. The van der Waals surface area contributed by atoms with Crippen molar-refractivity contribution in [2.45, 2.75) is 13.8 Å². The second-order valence-electron chi connectivity index (χ2n) is 7.73. The van der Waals surface area contributed by atoms with Gasteiger partial charge in [0.05, 0.1) is 29.6 Å². The summed E-state index contributed by atoms with van der Waals surface area (Å²) in [6.45, 7) is 3.54. The summed E-state index contributed by atoms with van der Waals surface area (Å²) in [4.78, 5) is 34.7. The maximum Gasteiger partial charge on any atom is 0.307 e. The van der Waals surface area contributed by atoms with Crippen LogP contribution in [0.4, 0.5) is 27.4 Å². The van der Waals surface area contributed by atoms with Gasteiger partial charge in [0.2, 0.25) is 17.7 Å². The van der Waals surface area contributed by atoms with Gasteiger partial charge in [0.1, 0.15) is 11.4 Å². The Kier molecular flexibility index (Phi) is 6.09. The average Bonchev–Trinajstić information content (AvgIpc) is 3.24. The second kappa shape index (κ2) is 9.14. The molecule has 3 N–H and O–H groups in total. The lowest BCUT2D eigenvalue weighted by atomic mass is 10.1. The molecule has 0 saturated carbocycles. The number of rotatable bonds is 7. The molecule has 4 aromatic rings. The molecule has 34 heavy (non-hydrogen) atoms. The van der Waals surface area contributed by atoms with E-state index in [2.05, 4.69) is 25.6 Å². The van der Waals surface area contributed by atoms with Crippen LogP contribution in [0.15, 0.2) is 48.8 Å². The number of nitrogens with zero attached hydrogens (tertiary/aromatic N) is 3. The largest absolute Gasteiger partial charge is 0.494 e. The summed E-state index contributed by atoms with van der Waals surface area (Å²) in [5, 5.41) is 17.8. The van der Waals surface area contributed by atoms with Crippen LogP contribution >= 0.6 is 0 Å². The molecule has 0 bridgehead atoms. The highest BCUT2D eigenvalue weighted by Gasteiger charge is 2.21. The molecule has 0 radical (unpaired) electrons. The fourth-order valence-corrected chi connectivity index (χ4v) is 3.35. The molecule has 0 atom stereocenters. The average molecular weight is 464 g/mol. The maximum atomic E-state index is 14.0. The van der Waals surface area contributed by atoms with Crippen molar-refractivity contribution in [3.63, 3.8) is 0 Å². The van der Waals surface area contributed by atoms with Gasteiger partial charge >= 0.3 is 5.69 Å². The number of amides is 1. The standard InChI is InChI=1S/C23H21FN6O4/c1-12(2)22(31)27-18-11-26-23(28-17-9-19(30(32)33)15(24)8-20(17)34-3)29-21(18)14-10-25-16-7-5-4-6-13(14)16/h4-12,25H,1-3H3,(H,27,31)(H,26,28,29). The third-order valence-electron chi connectivity index (χ3n) is 5.13. The third-order valence-corrected chi connectivity index (χ3v) is 5.13. The quantitative estimate of drug-likeness (QED) is 0.258. The van der Waals surface area contributed by atoms with Gasteiger partial charge < -0.3 is 20.4 Å². The topological polar surface area (TPSA) is 135 Å². The van der Waals surface area contributed by atoms with Gasteiger partial charge in [-0.2, -0.15) is 4.39 Å². The summed E-state index contributed by atoms with van der Waals surface area (Å²) in [5.74, 6) is -1.39. The number of fused-ring (bicyclic) bond motifs is 1. The third kappa shape index (κ3) is 4.35. The van der Waals surface area contributed by atoms with E-state index in [0.29, 0.717) is 11.4 Å². The number of hydrogen-bond acceptors (Lipinski definition) is 7. The predicted molar refractivity (Wildman–Crippen MR) is 126 cm³/mol. The van der Waals surface area contributed by atoms with Crippen LogP contribution in [0.5, 0.6) is 5.75 Å². The van der Waals surface area contributed by atoms with E-state index in [1.165, 1.54) is 13.3 Å². The van der Waals surface area contributed by atoms with Crippen LogP contribution in [0, 0.1) is 21.8 Å². The van der Waals surface area contributed by atoms with Crippen molar-refractivity contribution in [3.05, 3.63) is 64.7 Å². The number of carbonyl (C=O) groups excluding carboxylic acids is 1. The van der Waals surface area contributed by atoms with Crippen LogP contribution in [-0.4, -0.2) is 32.9 Å². The normalized spacial score (nSPS) is 11.0. The van der Waals surface area contributed by atoms with E-state index < -0.39 is 16.4 Å². The Balaban J connectivity index is 1.82. The molecule has 2 heterocycles. The van der Waals surface area contributed by atoms with Crippen molar-refractivity contribution < 1.29 is 18.8 Å². The predicted octanol–water partition coefficient (Wildman–Crippen LogP) is 5.02. The van der Waals surface area contributed by atoms with Crippen LogP contribution in [0.25, 0.3) is 22.2 Å². The molecule has 174 valence electrons. The number of nitro groups is 1. The molecule has 0 fully saturated rings. The smallest absolute Gasteiger partial charge is 0.307 e. The molecule has 1 amide bonds. The number of ether oxygens (including phenoxy) is 1. The lowest BCUT2D eigenvalue weighted by molar-refractivity contribution is -0.387. The van der Waals surface area contributed by atoms with Gasteiger partial charge in [-0.3, -0.25) is 14.9 Å². The SMILES string of the molecule is COc1cc(F)c([N+](=O)[O-])cc1Nc1ncc(NC(=O)C(C)C)c(-c2c[nH]c3ccccc23)n1. The number of carbonyl (C=O) groups is 1. The van der Waals surface area contributed by atoms with Gasteiger partial charge in [-0.1, -0.05) is 32.0 Å². The molecule has 2 aromatic carbocycles. The first-order chi connectivity index (χ1) is 16.3. The number of aromatic amines is 1.